The minimum Gasteiger partial charge on any atom is -0.492 e. The van der Waals surface area contributed by atoms with E-state index in [0.29, 0.717) is 30.6 Å². The van der Waals surface area contributed by atoms with E-state index in [-0.39, 0.29) is 18.2 Å². The first kappa shape index (κ1) is 19.2. The number of amides is 2. The monoisotopic (exact) mass is 347 g/mol. The number of anilines is 1. The molecule has 1 aromatic rings. The lowest BCUT2D eigenvalue weighted by molar-refractivity contribution is -0.134. The van der Waals surface area contributed by atoms with Crippen molar-refractivity contribution in [2.75, 3.05) is 39.1 Å². The van der Waals surface area contributed by atoms with E-state index in [1.165, 1.54) is 12.8 Å². The summed E-state index contributed by atoms with van der Waals surface area (Å²) in [6.07, 6.45) is 3.35. The van der Waals surface area contributed by atoms with Crippen LogP contribution < -0.4 is 10.1 Å². The normalized spacial score (nSPS) is 17.8. The Morgan fingerprint density at radius 2 is 2.08 bits per heavy atom. The van der Waals surface area contributed by atoms with Crippen LogP contribution in [-0.2, 0) is 9.59 Å². The van der Waals surface area contributed by atoms with Crippen LogP contribution >= 0.6 is 0 Å². The largest absolute Gasteiger partial charge is 0.492 e. The van der Waals surface area contributed by atoms with Crippen molar-refractivity contribution in [2.45, 2.75) is 38.6 Å². The van der Waals surface area contributed by atoms with E-state index in [9.17, 15) is 9.59 Å². The predicted molar refractivity (Wildman–Crippen MR) is 98.8 cm³/mol. The van der Waals surface area contributed by atoms with Gasteiger partial charge in [0.1, 0.15) is 12.2 Å². The molecule has 2 amide bonds. The maximum Gasteiger partial charge on any atom is 0.233 e. The van der Waals surface area contributed by atoms with Gasteiger partial charge in [0.25, 0.3) is 0 Å². The minimum absolute atomic E-state index is 0.159. The fourth-order valence-electron chi connectivity index (χ4n) is 3.11. The Kier molecular flexibility index (Phi) is 7.25. The summed E-state index contributed by atoms with van der Waals surface area (Å²) in [5.41, 5.74) is 0.594. The fraction of sp³-hybridized carbons (Fsp3) is 0.579. The number of piperidine rings is 1. The predicted octanol–water partition coefficient (Wildman–Crippen LogP) is 2.36. The second-order valence-corrected chi connectivity index (χ2v) is 6.56. The zero-order chi connectivity index (χ0) is 18.2. The van der Waals surface area contributed by atoms with Gasteiger partial charge in [0, 0.05) is 19.6 Å². The minimum atomic E-state index is -0.319. The molecule has 2 rings (SSSR count). The van der Waals surface area contributed by atoms with Gasteiger partial charge in [-0.3, -0.25) is 9.59 Å². The highest BCUT2D eigenvalue weighted by Gasteiger charge is 2.23. The first-order valence-electron chi connectivity index (χ1n) is 8.97. The van der Waals surface area contributed by atoms with Crippen molar-refractivity contribution < 1.29 is 14.3 Å². The highest BCUT2D eigenvalue weighted by atomic mass is 16.5. The van der Waals surface area contributed by atoms with Gasteiger partial charge in [-0.2, -0.15) is 0 Å². The van der Waals surface area contributed by atoms with Crippen LogP contribution in [0.2, 0.25) is 0 Å². The Labute approximate surface area is 150 Å². The molecule has 6 heteroatoms. The molecule has 1 saturated heterocycles. The lowest BCUT2D eigenvalue weighted by Gasteiger charge is -2.35. The number of likely N-dealkylation sites (N-methyl/N-ethyl adjacent to an activating group) is 2. The van der Waals surface area contributed by atoms with Gasteiger partial charge in [-0.05, 0) is 45.5 Å². The Morgan fingerprint density at radius 3 is 2.80 bits per heavy atom. The lowest BCUT2D eigenvalue weighted by Crippen LogP contribution is -2.45. The second kappa shape index (κ2) is 9.42. The molecular weight excluding hydrogens is 318 g/mol. The first-order valence-corrected chi connectivity index (χ1v) is 8.97. The number of hydrogen-bond donors (Lipinski definition) is 1. The number of ether oxygens (including phenoxy) is 1. The van der Waals surface area contributed by atoms with Crippen molar-refractivity contribution in [2.24, 2.45) is 0 Å². The molecule has 0 saturated carbocycles. The Balaban J connectivity index is 1.86. The number of rotatable bonds is 7. The standard InChI is InChI=1S/C19H29N3O3/c1-4-25-17-11-6-5-10-16(17)20-18(23)13-19(24)22(3)14-15-9-7-8-12-21(15)2/h5-6,10-11,15H,4,7-9,12-14H2,1-3H3,(H,20,23)/t15-/m1/s1. The number of nitrogens with zero attached hydrogens (tertiary/aromatic N) is 2. The smallest absolute Gasteiger partial charge is 0.233 e. The third kappa shape index (κ3) is 5.74. The quantitative estimate of drug-likeness (QED) is 0.769. The number of carbonyl (C=O) groups is 2. The van der Waals surface area contributed by atoms with Crippen molar-refractivity contribution in [3.63, 3.8) is 0 Å². The molecule has 25 heavy (non-hydrogen) atoms. The van der Waals surface area contributed by atoms with Crippen molar-refractivity contribution in [1.29, 1.82) is 0 Å². The van der Waals surface area contributed by atoms with Crippen LogP contribution in [-0.4, -0.2) is 61.4 Å². The highest BCUT2D eigenvalue weighted by molar-refractivity contribution is 6.04. The summed E-state index contributed by atoms with van der Waals surface area (Å²) in [4.78, 5) is 28.5. The van der Waals surface area contributed by atoms with Gasteiger partial charge in [-0.25, -0.2) is 0 Å². The summed E-state index contributed by atoms with van der Waals surface area (Å²) in [6.45, 7) is 4.14. The van der Waals surface area contributed by atoms with E-state index in [4.69, 9.17) is 4.74 Å². The summed E-state index contributed by atoms with van der Waals surface area (Å²) in [6, 6.07) is 7.62. The topological polar surface area (TPSA) is 61.9 Å². The summed E-state index contributed by atoms with van der Waals surface area (Å²) < 4.78 is 5.49. The van der Waals surface area contributed by atoms with Crippen molar-refractivity contribution in [3.05, 3.63) is 24.3 Å². The molecule has 0 bridgehead atoms. The van der Waals surface area contributed by atoms with Crippen LogP contribution in [0.25, 0.3) is 0 Å². The molecule has 0 aromatic heterocycles. The summed E-state index contributed by atoms with van der Waals surface area (Å²) >= 11 is 0. The van der Waals surface area contributed by atoms with Crippen LogP contribution in [0.3, 0.4) is 0 Å². The molecule has 1 heterocycles. The lowest BCUT2D eigenvalue weighted by atomic mass is 10.0. The highest BCUT2D eigenvalue weighted by Crippen LogP contribution is 2.23. The summed E-state index contributed by atoms with van der Waals surface area (Å²) in [5, 5.41) is 2.77. The van der Waals surface area contributed by atoms with Crippen LogP contribution in [0.5, 0.6) is 5.75 Å². The van der Waals surface area contributed by atoms with Gasteiger partial charge in [0.2, 0.25) is 11.8 Å². The SMILES string of the molecule is CCOc1ccccc1NC(=O)CC(=O)N(C)C[C@H]1CCCCN1C. The molecule has 1 aliphatic heterocycles. The van der Waals surface area contributed by atoms with E-state index in [2.05, 4.69) is 17.3 Å². The molecule has 1 aromatic carbocycles. The zero-order valence-corrected chi connectivity index (χ0v) is 15.5. The molecule has 1 aliphatic rings. The average Bonchev–Trinajstić information content (AvgIpc) is 2.58. The number of carbonyl (C=O) groups excluding carboxylic acids is 2. The van der Waals surface area contributed by atoms with Crippen LogP contribution in [0, 0.1) is 0 Å². The second-order valence-electron chi connectivity index (χ2n) is 6.56. The molecule has 1 fully saturated rings. The van der Waals surface area contributed by atoms with Crippen molar-refractivity contribution in [1.82, 2.24) is 9.80 Å². The number of benzene rings is 1. The van der Waals surface area contributed by atoms with Gasteiger partial charge in [-0.15, -0.1) is 0 Å². The third-order valence-corrected chi connectivity index (χ3v) is 4.60. The van der Waals surface area contributed by atoms with Crippen LogP contribution in [0.4, 0.5) is 5.69 Å². The molecule has 1 N–H and O–H groups in total. The molecular formula is C19H29N3O3. The number of likely N-dealkylation sites (tertiary alicyclic amines) is 1. The zero-order valence-electron chi connectivity index (χ0n) is 15.5. The fourth-order valence-corrected chi connectivity index (χ4v) is 3.11. The molecule has 0 spiro atoms. The first-order chi connectivity index (χ1) is 12.0. The van der Waals surface area contributed by atoms with E-state index in [1.807, 2.05) is 19.1 Å². The van der Waals surface area contributed by atoms with E-state index >= 15 is 0 Å². The molecule has 1 atom stereocenters. The number of para-hydroxylation sites is 2. The van der Waals surface area contributed by atoms with Gasteiger partial charge >= 0.3 is 0 Å². The van der Waals surface area contributed by atoms with Gasteiger partial charge in [0.05, 0.1) is 12.3 Å². The maximum absolute atomic E-state index is 12.3. The van der Waals surface area contributed by atoms with E-state index in [1.54, 1.807) is 24.1 Å². The summed E-state index contributed by atoms with van der Waals surface area (Å²) in [5.74, 6) is 0.134. The molecule has 0 radical (unpaired) electrons. The Morgan fingerprint density at radius 1 is 1.32 bits per heavy atom. The molecule has 138 valence electrons. The molecule has 0 aliphatic carbocycles. The van der Waals surface area contributed by atoms with Gasteiger partial charge in [0.15, 0.2) is 0 Å². The van der Waals surface area contributed by atoms with Crippen molar-refractivity contribution in [3.8, 4) is 5.75 Å². The Hall–Kier alpha value is -2.08. The Bertz CT molecular complexity index is 591. The molecule has 6 nitrogen and oxygen atoms in total. The summed E-state index contributed by atoms with van der Waals surface area (Å²) in [7, 11) is 3.87. The van der Waals surface area contributed by atoms with Gasteiger partial charge < -0.3 is 19.9 Å². The van der Waals surface area contributed by atoms with Crippen LogP contribution in [0.1, 0.15) is 32.6 Å². The molecule has 0 unspecified atom stereocenters. The number of nitrogens with one attached hydrogen (secondary N) is 1. The van der Waals surface area contributed by atoms with Gasteiger partial charge in [-0.1, -0.05) is 18.6 Å². The van der Waals surface area contributed by atoms with Crippen molar-refractivity contribution >= 4 is 17.5 Å². The van der Waals surface area contributed by atoms with Crippen LogP contribution in [0.15, 0.2) is 24.3 Å². The number of hydrogen-bond acceptors (Lipinski definition) is 4. The maximum atomic E-state index is 12.3. The third-order valence-electron chi connectivity index (χ3n) is 4.60. The van der Waals surface area contributed by atoms with E-state index in [0.717, 1.165) is 13.0 Å². The average molecular weight is 347 g/mol. The van der Waals surface area contributed by atoms with E-state index < -0.39 is 0 Å².